The number of nitrogens with zero attached hydrogens (tertiary/aromatic N) is 2. The molecule has 0 rings (SSSR count). The fourth-order valence-electron chi connectivity index (χ4n) is 1.61. The first-order valence-electron chi connectivity index (χ1n) is 6.01. The van der Waals surface area contributed by atoms with Crippen molar-refractivity contribution in [3.63, 3.8) is 0 Å². The smallest absolute Gasteiger partial charge is 0.212 e. The number of rotatable bonds is 10. The van der Waals surface area contributed by atoms with Crippen molar-refractivity contribution in [2.24, 2.45) is 5.92 Å². The van der Waals surface area contributed by atoms with E-state index in [1.165, 1.54) is 0 Å². The SMILES string of the molecule is N#CCCCCCCCCC(C#N)C(=O)C=O. The van der Waals surface area contributed by atoms with Gasteiger partial charge in [-0.15, -0.1) is 0 Å². The number of carbonyl (C=O) groups excluding carboxylic acids is 2. The summed E-state index contributed by atoms with van der Waals surface area (Å²) in [6.45, 7) is 0. The summed E-state index contributed by atoms with van der Waals surface area (Å²) in [4.78, 5) is 21.2. The average molecular weight is 234 g/mol. The molecule has 92 valence electrons. The number of hydrogen-bond donors (Lipinski definition) is 0. The van der Waals surface area contributed by atoms with Gasteiger partial charge in [0.2, 0.25) is 5.78 Å². The Kier molecular flexibility index (Phi) is 9.76. The van der Waals surface area contributed by atoms with Crippen molar-refractivity contribution < 1.29 is 9.59 Å². The van der Waals surface area contributed by atoms with Crippen LogP contribution in [0.2, 0.25) is 0 Å². The van der Waals surface area contributed by atoms with E-state index < -0.39 is 11.7 Å². The lowest BCUT2D eigenvalue weighted by molar-refractivity contribution is -0.131. The van der Waals surface area contributed by atoms with Crippen LogP contribution in [-0.4, -0.2) is 12.1 Å². The van der Waals surface area contributed by atoms with Crippen LogP contribution in [0.5, 0.6) is 0 Å². The van der Waals surface area contributed by atoms with Crippen molar-refractivity contribution >= 4 is 12.1 Å². The maximum atomic E-state index is 11.0. The Bertz CT molecular complexity index is 312. The summed E-state index contributed by atoms with van der Waals surface area (Å²) in [5, 5.41) is 17.0. The van der Waals surface area contributed by atoms with Crippen LogP contribution in [-0.2, 0) is 9.59 Å². The quantitative estimate of drug-likeness (QED) is 0.330. The monoisotopic (exact) mass is 234 g/mol. The summed E-state index contributed by atoms with van der Waals surface area (Å²) in [6, 6.07) is 3.96. The van der Waals surface area contributed by atoms with Gasteiger partial charge in [0.1, 0.15) is 5.92 Å². The Morgan fingerprint density at radius 2 is 1.65 bits per heavy atom. The maximum Gasteiger partial charge on any atom is 0.212 e. The minimum atomic E-state index is -0.758. The number of ketones is 1. The first kappa shape index (κ1) is 15.3. The first-order valence-corrected chi connectivity index (χ1v) is 6.01. The van der Waals surface area contributed by atoms with Crippen LogP contribution in [0.1, 0.15) is 51.4 Å². The summed E-state index contributed by atoms with van der Waals surface area (Å²) in [6.07, 6.45) is 7.24. The molecule has 0 aliphatic carbocycles. The largest absolute Gasteiger partial charge is 0.295 e. The molecule has 0 heterocycles. The fraction of sp³-hybridized carbons (Fsp3) is 0.692. The number of unbranched alkanes of at least 4 members (excludes halogenated alkanes) is 6. The number of aldehydes is 1. The average Bonchev–Trinajstić information content (AvgIpc) is 2.36. The van der Waals surface area contributed by atoms with E-state index >= 15 is 0 Å². The molecule has 0 radical (unpaired) electrons. The van der Waals surface area contributed by atoms with Gasteiger partial charge < -0.3 is 0 Å². The highest BCUT2D eigenvalue weighted by molar-refractivity contribution is 6.26. The van der Waals surface area contributed by atoms with Gasteiger partial charge in [0.25, 0.3) is 0 Å². The topological polar surface area (TPSA) is 81.7 Å². The standard InChI is InChI=1S/C13H18N2O2/c14-9-7-5-3-1-2-4-6-8-12(10-15)13(17)11-16/h11-12H,1-8H2. The second-order valence-electron chi connectivity index (χ2n) is 4.02. The van der Waals surface area contributed by atoms with Crippen molar-refractivity contribution in [2.75, 3.05) is 0 Å². The van der Waals surface area contributed by atoms with Crippen LogP contribution in [0.25, 0.3) is 0 Å². The summed E-state index contributed by atoms with van der Waals surface area (Å²) in [5.74, 6) is -1.37. The van der Waals surface area contributed by atoms with Crippen molar-refractivity contribution in [3.05, 3.63) is 0 Å². The molecular formula is C13H18N2O2. The van der Waals surface area contributed by atoms with E-state index in [1.807, 2.05) is 6.07 Å². The zero-order valence-corrected chi connectivity index (χ0v) is 10.0. The zero-order valence-electron chi connectivity index (χ0n) is 10.0. The van der Waals surface area contributed by atoms with Gasteiger partial charge in [-0.2, -0.15) is 10.5 Å². The fourth-order valence-corrected chi connectivity index (χ4v) is 1.61. The predicted molar refractivity (Wildman–Crippen MR) is 62.7 cm³/mol. The lowest BCUT2D eigenvalue weighted by Gasteiger charge is -2.03. The zero-order chi connectivity index (χ0) is 12.9. The van der Waals surface area contributed by atoms with Crippen molar-refractivity contribution in [1.29, 1.82) is 10.5 Å². The van der Waals surface area contributed by atoms with Crippen LogP contribution in [0, 0.1) is 28.6 Å². The highest BCUT2D eigenvalue weighted by Gasteiger charge is 2.15. The minimum absolute atomic E-state index is 0.232. The van der Waals surface area contributed by atoms with Crippen LogP contribution in [0.15, 0.2) is 0 Å². The van der Waals surface area contributed by atoms with Crippen LogP contribution in [0.3, 0.4) is 0 Å². The van der Waals surface area contributed by atoms with Gasteiger partial charge in [-0.05, 0) is 12.8 Å². The lowest BCUT2D eigenvalue weighted by atomic mass is 9.98. The van der Waals surface area contributed by atoms with E-state index in [2.05, 4.69) is 6.07 Å². The number of hydrogen-bond acceptors (Lipinski definition) is 4. The molecule has 0 bridgehead atoms. The molecule has 4 heteroatoms. The molecule has 0 saturated heterocycles. The molecule has 0 aromatic rings. The molecular weight excluding hydrogens is 216 g/mol. The van der Waals surface area contributed by atoms with Crippen LogP contribution in [0.4, 0.5) is 0 Å². The molecule has 4 nitrogen and oxygen atoms in total. The Morgan fingerprint density at radius 1 is 1.06 bits per heavy atom. The van der Waals surface area contributed by atoms with Crippen molar-refractivity contribution in [3.8, 4) is 12.1 Å². The summed E-state index contributed by atoms with van der Waals surface area (Å²) in [7, 11) is 0. The van der Waals surface area contributed by atoms with E-state index in [0.717, 1.165) is 38.5 Å². The lowest BCUT2D eigenvalue weighted by Crippen LogP contribution is -2.13. The Balaban J connectivity index is 3.45. The van der Waals surface area contributed by atoms with E-state index in [-0.39, 0.29) is 6.29 Å². The molecule has 0 aromatic carbocycles. The molecule has 0 saturated carbocycles. The molecule has 0 aliphatic heterocycles. The van der Waals surface area contributed by atoms with Gasteiger partial charge in [0.05, 0.1) is 12.1 Å². The van der Waals surface area contributed by atoms with Gasteiger partial charge in [-0.1, -0.05) is 32.1 Å². The van der Waals surface area contributed by atoms with Crippen molar-refractivity contribution in [2.45, 2.75) is 51.4 Å². The van der Waals surface area contributed by atoms with Gasteiger partial charge in [-0.25, -0.2) is 0 Å². The molecule has 0 fully saturated rings. The van der Waals surface area contributed by atoms with Crippen LogP contribution >= 0.6 is 0 Å². The van der Waals surface area contributed by atoms with Crippen LogP contribution < -0.4 is 0 Å². The molecule has 1 atom stereocenters. The third-order valence-electron chi connectivity index (χ3n) is 2.65. The Hall–Kier alpha value is -1.68. The van der Waals surface area contributed by atoms with E-state index in [0.29, 0.717) is 12.8 Å². The summed E-state index contributed by atoms with van der Waals surface area (Å²) >= 11 is 0. The maximum absolute atomic E-state index is 11.0. The van der Waals surface area contributed by atoms with Gasteiger partial charge in [0.15, 0.2) is 6.29 Å². The Labute approximate surface area is 102 Å². The number of Topliss-reactive ketones (excluding diaryl/α,β-unsaturated/α-hetero) is 1. The third-order valence-corrected chi connectivity index (χ3v) is 2.65. The third kappa shape index (κ3) is 8.16. The van der Waals surface area contributed by atoms with E-state index in [1.54, 1.807) is 0 Å². The first-order chi connectivity index (χ1) is 8.26. The number of nitriles is 2. The second kappa shape index (κ2) is 10.8. The van der Waals surface area contributed by atoms with Crippen molar-refractivity contribution in [1.82, 2.24) is 0 Å². The van der Waals surface area contributed by atoms with Gasteiger partial charge in [0, 0.05) is 6.42 Å². The number of carbonyl (C=O) groups is 2. The molecule has 0 amide bonds. The molecule has 0 N–H and O–H groups in total. The molecule has 0 aromatic heterocycles. The highest BCUT2D eigenvalue weighted by Crippen LogP contribution is 2.12. The summed E-state index contributed by atoms with van der Waals surface area (Å²) in [5.41, 5.74) is 0. The highest BCUT2D eigenvalue weighted by atomic mass is 16.2. The Morgan fingerprint density at radius 3 is 2.18 bits per heavy atom. The molecule has 17 heavy (non-hydrogen) atoms. The molecule has 0 aliphatic rings. The minimum Gasteiger partial charge on any atom is -0.295 e. The van der Waals surface area contributed by atoms with E-state index in [4.69, 9.17) is 10.5 Å². The second-order valence-corrected chi connectivity index (χ2v) is 4.02. The molecule has 0 spiro atoms. The van der Waals surface area contributed by atoms with Gasteiger partial charge >= 0.3 is 0 Å². The molecule has 1 unspecified atom stereocenters. The predicted octanol–water partition coefficient (Wildman–Crippen LogP) is 2.54. The van der Waals surface area contributed by atoms with Gasteiger partial charge in [-0.3, -0.25) is 9.59 Å². The summed E-state index contributed by atoms with van der Waals surface area (Å²) < 4.78 is 0. The normalized spacial score (nSPS) is 11.2. The van der Waals surface area contributed by atoms with E-state index in [9.17, 15) is 9.59 Å².